The van der Waals surface area contributed by atoms with E-state index in [-0.39, 0.29) is 24.4 Å². The Kier molecular flexibility index (Phi) is 6.23. The Morgan fingerprint density at radius 3 is 2.88 bits per heavy atom. The van der Waals surface area contributed by atoms with E-state index in [1.54, 1.807) is 0 Å². The minimum absolute atomic E-state index is 0. The van der Waals surface area contributed by atoms with E-state index in [9.17, 15) is 4.79 Å². The zero-order valence-electron chi connectivity index (χ0n) is 10.5. The van der Waals surface area contributed by atoms with Gasteiger partial charge in [-0.2, -0.15) is 0 Å². The lowest BCUT2D eigenvalue weighted by Gasteiger charge is -2.26. The van der Waals surface area contributed by atoms with Crippen molar-refractivity contribution < 1.29 is 9.53 Å². The molecule has 2 unspecified atom stereocenters. The quantitative estimate of drug-likeness (QED) is 0.827. The molecule has 2 aliphatic heterocycles. The van der Waals surface area contributed by atoms with Crippen LogP contribution in [0.3, 0.4) is 0 Å². The third-order valence-corrected chi connectivity index (χ3v) is 3.55. The Hall–Kier alpha value is -0.320. The molecule has 2 rings (SSSR count). The third-order valence-electron chi connectivity index (χ3n) is 3.55. The molecule has 100 valence electrons. The van der Waals surface area contributed by atoms with Crippen LogP contribution in [0.5, 0.6) is 0 Å². The first-order chi connectivity index (χ1) is 7.81. The molecule has 0 aromatic carbocycles. The van der Waals surface area contributed by atoms with E-state index in [1.807, 2.05) is 11.9 Å². The van der Waals surface area contributed by atoms with Crippen LogP contribution >= 0.6 is 12.4 Å². The summed E-state index contributed by atoms with van der Waals surface area (Å²) in [4.78, 5) is 14.1. The van der Waals surface area contributed by atoms with Gasteiger partial charge in [-0.05, 0) is 45.2 Å². The van der Waals surface area contributed by atoms with Crippen LogP contribution in [0.15, 0.2) is 0 Å². The Balaban J connectivity index is 0.00000144. The van der Waals surface area contributed by atoms with Gasteiger partial charge >= 0.3 is 0 Å². The second-order valence-corrected chi connectivity index (χ2v) is 4.85. The Bertz CT molecular complexity index is 245. The molecule has 0 bridgehead atoms. The number of carbonyl (C=O) groups is 1. The number of nitrogens with zero attached hydrogens (tertiary/aromatic N) is 1. The summed E-state index contributed by atoms with van der Waals surface area (Å²) < 4.78 is 5.54. The first-order valence-electron chi connectivity index (χ1n) is 6.36. The van der Waals surface area contributed by atoms with E-state index in [1.165, 1.54) is 0 Å². The normalized spacial score (nSPS) is 28.9. The lowest BCUT2D eigenvalue weighted by Crippen LogP contribution is -2.41. The van der Waals surface area contributed by atoms with Crippen LogP contribution in [0, 0.1) is 5.92 Å². The number of rotatable bonds is 3. The van der Waals surface area contributed by atoms with Crippen molar-refractivity contribution in [3.8, 4) is 0 Å². The second kappa shape index (κ2) is 7.19. The van der Waals surface area contributed by atoms with Crippen molar-refractivity contribution in [3.05, 3.63) is 0 Å². The summed E-state index contributed by atoms with van der Waals surface area (Å²) in [5, 5.41) is 3.18. The van der Waals surface area contributed by atoms with E-state index < -0.39 is 0 Å². The molecule has 17 heavy (non-hydrogen) atoms. The molecule has 2 saturated heterocycles. The average molecular weight is 263 g/mol. The number of halogens is 1. The summed E-state index contributed by atoms with van der Waals surface area (Å²) >= 11 is 0. The van der Waals surface area contributed by atoms with Gasteiger partial charge in [-0.15, -0.1) is 12.4 Å². The van der Waals surface area contributed by atoms with Crippen LogP contribution in [0.1, 0.15) is 25.7 Å². The standard InChI is InChI=1S/C12H22N2O2.ClH/c1-13-8-10-5-6-14(9-10)12(15)11-4-2-3-7-16-11;/h10-11,13H,2-9H2,1H3;1H. The fraction of sp³-hybridized carbons (Fsp3) is 0.917. The van der Waals surface area contributed by atoms with Gasteiger partial charge in [0.15, 0.2) is 0 Å². The molecular weight excluding hydrogens is 240 g/mol. The van der Waals surface area contributed by atoms with E-state index in [0.717, 1.165) is 51.9 Å². The molecule has 4 nitrogen and oxygen atoms in total. The van der Waals surface area contributed by atoms with E-state index >= 15 is 0 Å². The van der Waals surface area contributed by atoms with Gasteiger partial charge in [-0.3, -0.25) is 4.79 Å². The number of nitrogens with one attached hydrogen (secondary N) is 1. The summed E-state index contributed by atoms with van der Waals surface area (Å²) in [6.45, 7) is 3.57. The molecule has 0 aromatic rings. The van der Waals surface area contributed by atoms with Gasteiger partial charge in [-0.1, -0.05) is 0 Å². The van der Waals surface area contributed by atoms with Crippen LogP contribution in [0.25, 0.3) is 0 Å². The maximum absolute atomic E-state index is 12.1. The minimum atomic E-state index is -0.151. The molecule has 1 amide bonds. The summed E-state index contributed by atoms with van der Waals surface area (Å²) in [7, 11) is 1.97. The number of likely N-dealkylation sites (tertiary alicyclic amines) is 1. The first-order valence-corrected chi connectivity index (χ1v) is 6.36. The zero-order chi connectivity index (χ0) is 11.4. The maximum atomic E-state index is 12.1. The second-order valence-electron chi connectivity index (χ2n) is 4.85. The lowest BCUT2D eigenvalue weighted by molar-refractivity contribution is -0.145. The Morgan fingerprint density at radius 2 is 2.24 bits per heavy atom. The highest BCUT2D eigenvalue weighted by Crippen LogP contribution is 2.20. The van der Waals surface area contributed by atoms with Crippen molar-refractivity contribution in [2.45, 2.75) is 31.8 Å². The van der Waals surface area contributed by atoms with Crippen molar-refractivity contribution in [2.24, 2.45) is 5.92 Å². The lowest BCUT2D eigenvalue weighted by atomic mass is 10.1. The molecule has 1 N–H and O–H groups in total. The Morgan fingerprint density at radius 1 is 1.41 bits per heavy atom. The predicted octanol–water partition coefficient (Wildman–Crippen LogP) is 1.05. The van der Waals surface area contributed by atoms with Crippen molar-refractivity contribution in [1.82, 2.24) is 10.2 Å². The minimum Gasteiger partial charge on any atom is -0.368 e. The highest BCUT2D eigenvalue weighted by Gasteiger charge is 2.31. The van der Waals surface area contributed by atoms with Crippen molar-refractivity contribution in [3.63, 3.8) is 0 Å². The topological polar surface area (TPSA) is 41.6 Å². The molecule has 0 spiro atoms. The number of ether oxygens (including phenoxy) is 1. The van der Waals surface area contributed by atoms with Gasteiger partial charge in [0.1, 0.15) is 6.10 Å². The summed E-state index contributed by atoms with van der Waals surface area (Å²) in [6.07, 6.45) is 4.11. The molecule has 2 atom stereocenters. The largest absolute Gasteiger partial charge is 0.368 e. The van der Waals surface area contributed by atoms with Crippen LogP contribution in [-0.2, 0) is 9.53 Å². The van der Waals surface area contributed by atoms with Gasteiger partial charge in [-0.25, -0.2) is 0 Å². The molecular formula is C12H23ClN2O2. The van der Waals surface area contributed by atoms with Crippen molar-refractivity contribution >= 4 is 18.3 Å². The first kappa shape index (κ1) is 14.7. The highest BCUT2D eigenvalue weighted by atomic mass is 35.5. The molecule has 0 aliphatic carbocycles. The van der Waals surface area contributed by atoms with Crippen LogP contribution < -0.4 is 5.32 Å². The molecule has 2 aliphatic rings. The fourth-order valence-corrected chi connectivity index (χ4v) is 2.63. The van der Waals surface area contributed by atoms with Gasteiger partial charge in [0.05, 0.1) is 0 Å². The summed E-state index contributed by atoms with van der Waals surface area (Å²) in [6, 6.07) is 0. The smallest absolute Gasteiger partial charge is 0.251 e. The molecule has 5 heteroatoms. The molecule has 0 radical (unpaired) electrons. The summed E-state index contributed by atoms with van der Waals surface area (Å²) in [5.74, 6) is 0.843. The fourth-order valence-electron chi connectivity index (χ4n) is 2.63. The van der Waals surface area contributed by atoms with Gasteiger partial charge in [0.25, 0.3) is 5.91 Å². The van der Waals surface area contributed by atoms with Crippen molar-refractivity contribution in [1.29, 1.82) is 0 Å². The summed E-state index contributed by atoms with van der Waals surface area (Å²) in [5.41, 5.74) is 0. The molecule has 2 fully saturated rings. The van der Waals surface area contributed by atoms with Gasteiger partial charge in [0, 0.05) is 19.7 Å². The predicted molar refractivity (Wildman–Crippen MR) is 69.5 cm³/mol. The molecule has 2 heterocycles. The molecule has 0 aromatic heterocycles. The maximum Gasteiger partial charge on any atom is 0.251 e. The Labute approximate surface area is 109 Å². The monoisotopic (exact) mass is 262 g/mol. The van der Waals surface area contributed by atoms with Crippen LogP contribution in [0.2, 0.25) is 0 Å². The van der Waals surface area contributed by atoms with Crippen molar-refractivity contribution in [2.75, 3.05) is 33.3 Å². The van der Waals surface area contributed by atoms with Crippen LogP contribution in [0.4, 0.5) is 0 Å². The van der Waals surface area contributed by atoms with Gasteiger partial charge in [0.2, 0.25) is 0 Å². The number of carbonyl (C=O) groups excluding carboxylic acids is 1. The zero-order valence-corrected chi connectivity index (χ0v) is 11.3. The van der Waals surface area contributed by atoms with E-state index in [2.05, 4.69) is 5.32 Å². The SMILES string of the molecule is CNCC1CCN(C(=O)C2CCCCO2)C1.Cl. The van der Waals surface area contributed by atoms with Crippen LogP contribution in [-0.4, -0.2) is 50.2 Å². The number of hydrogen-bond acceptors (Lipinski definition) is 3. The molecule has 0 saturated carbocycles. The van der Waals surface area contributed by atoms with E-state index in [4.69, 9.17) is 4.74 Å². The third kappa shape index (κ3) is 3.83. The average Bonchev–Trinajstić information content (AvgIpc) is 2.78. The van der Waals surface area contributed by atoms with E-state index in [0.29, 0.717) is 5.92 Å². The number of amides is 1. The van der Waals surface area contributed by atoms with Gasteiger partial charge < -0.3 is 15.0 Å². The number of hydrogen-bond donors (Lipinski definition) is 1. The highest BCUT2D eigenvalue weighted by molar-refractivity contribution is 5.85.